The van der Waals surface area contributed by atoms with E-state index in [1.807, 2.05) is 6.08 Å². The summed E-state index contributed by atoms with van der Waals surface area (Å²) in [5.74, 6) is 0.614. The number of allylic oxidation sites excluding steroid dienone is 1. The largest absolute Gasteiger partial charge is 0.390 e. The Morgan fingerprint density at radius 1 is 1.47 bits per heavy atom. The van der Waals surface area contributed by atoms with E-state index in [9.17, 15) is 5.11 Å². The maximum atomic E-state index is 9.91. The molecular weight excluding hydrogens is 188 g/mol. The predicted octanol–water partition coefficient (Wildman–Crippen LogP) is 2.91. The van der Waals surface area contributed by atoms with Gasteiger partial charge in [-0.2, -0.15) is 0 Å². The van der Waals surface area contributed by atoms with Gasteiger partial charge in [0.1, 0.15) is 0 Å². The van der Waals surface area contributed by atoms with Crippen LogP contribution in [0, 0.1) is 5.92 Å². The van der Waals surface area contributed by atoms with Crippen molar-refractivity contribution in [2.45, 2.75) is 57.7 Å². The number of aliphatic hydroxyl groups is 1. The molecule has 1 aliphatic rings. The topological polar surface area (TPSA) is 29.5 Å². The molecule has 0 bridgehead atoms. The zero-order valence-electron chi connectivity index (χ0n) is 9.82. The molecule has 0 aromatic heterocycles. The minimum absolute atomic E-state index is 0.0811. The summed E-state index contributed by atoms with van der Waals surface area (Å²) in [7, 11) is 0. The smallest absolute Gasteiger partial charge is 0.0834 e. The van der Waals surface area contributed by atoms with Crippen molar-refractivity contribution in [1.29, 1.82) is 0 Å². The van der Waals surface area contributed by atoms with Gasteiger partial charge >= 0.3 is 0 Å². The Balaban J connectivity index is 2.22. The van der Waals surface area contributed by atoms with Crippen molar-refractivity contribution in [3.05, 3.63) is 12.7 Å². The van der Waals surface area contributed by atoms with Crippen LogP contribution in [0.5, 0.6) is 0 Å². The van der Waals surface area contributed by atoms with Gasteiger partial charge in [-0.25, -0.2) is 0 Å². The molecule has 0 spiro atoms. The molecule has 1 fully saturated rings. The van der Waals surface area contributed by atoms with E-state index in [4.69, 9.17) is 4.74 Å². The molecule has 0 aromatic carbocycles. The fraction of sp³-hybridized carbons (Fsp3) is 0.846. The van der Waals surface area contributed by atoms with E-state index >= 15 is 0 Å². The minimum Gasteiger partial charge on any atom is -0.390 e. The highest BCUT2D eigenvalue weighted by Crippen LogP contribution is 2.29. The normalized spacial score (nSPS) is 31.5. The van der Waals surface area contributed by atoms with E-state index in [1.54, 1.807) is 0 Å². The van der Waals surface area contributed by atoms with Gasteiger partial charge in [-0.1, -0.05) is 19.4 Å². The Kier molecular flexibility index (Phi) is 5.96. The zero-order chi connectivity index (χ0) is 11.1. The number of aliphatic hydroxyl groups excluding tert-OH is 1. The van der Waals surface area contributed by atoms with Crippen molar-refractivity contribution in [2.24, 2.45) is 5.92 Å². The summed E-state index contributed by atoms with van der Waals surface area (Å²) in [5.41, 5.74) is 0. The van der Waals surface area contributed by atoms with E-state index < -0.39 is 0 Å². The lowest BCUT2D eigenvalue weighted by Crippen LogP contribution is -2.36. The summed E-state index contributed by atoms with van der Waals surface area (Å²) in [4.78, 5) is 0. The van der Waals surface area contributed by atoms with Crippen LogP contribution in [-0.2, 0) is 4.74 Å². The maximum Gasteiger partial charge on any atom is 0.0834 e. The van der Waals surface area contributed by atoms with Gasteiger partial charge in [0.2, 0.25) is 0 Å². The molecule has 1 saturated carbocycles. The highest BCUT2D eigenvalue weighted by atomic mass is 16.5. The lowest BCUT2D eigenvalue weighted by molar-refractivity contribution is -0.0704. The van der Waals surface area contributed by atoms with Crippen molar-refractivity contribution >= 4 is 0 Å². The van der Waals surface area contributed by atoms with Crippen LogP contribution in [0.2, 0.25) is 0 Å². The third-order valence-corrected chi connectivity index (χ3v) is 3.19. The van der Waals surface area contributed by atoms with Crippen molar-refractivity contribution in [3.8, 4) is 0 Å². The maximum absolute atomic E-state index is 9.91. The molecule has 88 valence electrons. The molecule has 1 rings (SSSR count). The summed E-state index contributed by atoms with van der Waals surface area (Å²) >= 11 is 0. The van der Waals surface area contributed by atoms with Gasteiger partial charge in [0.15, 0.2) is 0 Å². The van der Waals surface area contributed by atoms with E-state index in [2.05, 4.69) is 13.5 Å². The Labute approximate surface area is 93.3 Å². The molecule has 3 unspecified atom stereocenters. The van der Waals surface area contributed by atoms with Gasteiger partial charge in [0.25, 0.3) is 0 Å². The minimum atomic E-state index is -0.263. The first-order valence-corrected chi connectivity index (χ1v) is 6.18. The molecule has 0 radical (unpaired) electrons. The molecule has 0 aromatic rings. The fourth-order valence-electron chi connectivity index (χ4n) is 2.23. The molecule has 0 heterocycles. The first-order chi connectivity index (χ1) is 7.27. The van der Waals surface area contributed by atoms with Crippen LogP contribution in [0.15, 0.2) is 12.7 Å². The number of unbranched alkanes of at least 4 members (excludes halogenated alkanes) is 1. The highest BCUT2D eigenvalue weighted by Gasteiger charge is 2.28. The number of ether oxygens (including phenoxy) is 1. The monoisotopic (exact) mass is 212 g/mol. The first kappa shape index (κ1) is 12.7. The van der Waals surface area contributed by atoms with Gasteiger partial charge in [0.05, 0.1) is 12.2 Å². The van der Waals surface area contributed by atoms with E-state index in [0.29, 0.717) is 5.92 Å². The molecule has 0 amide bonds. The van der Waals surface area contributed by atoms with Crippen molar-refractivity contribution in [2.75, 3.05) is 6.61 Å². The van der Waals surface area contributed by atoms with Crippen molar-refractivity contribution < 1.29 is 9.84 Å². The number of rotatable bonds is 6. The summed E-state index contributed by atoms with van der Waals surface area (Å²) in [6.45, 7) is 6.70. The van der Waals surface area contributed by atoms with Gasteiger partial charge < -0.3 is 9.84 Å². The van der Waals surface area contributed by atoms with Crippen molar-refractivity contribution in [1.82, 2.24) is 0 Å². The van der Waals surface area contributed by atoms with Crippen LogP contribution < -0.4 is 0 Å². The standard InChI is InChI=1S/C13H24O2/c1-3-5-9-15-13-8-7-11(6-4-2)10-12(13)14/h4,11-14H,2-3,5-10H2,1H3. The SMILES string of the molecule is C=CCC1CCC(OCCCC)C(O)C1. The van der Waals surface area contributed by atoms with Gasteiger partial charge in [-0.05, 0) is 38.0 Å². The molecule has 0 saturated heterocycles. The third kappa shape index (κ3) is 4.35. The summed E-state index contributed by atoms with van der Waals surface area (Å²) in [5, 5.41) is 9.91. The van der Waals surface area contributed by atoms with Crippen molar-refractivity contribution in [3.63, 3.8) is 0 Å². The average Bonchev–Trinajstić information content (AvgIpc) is 2.22. The second-order valence-electron chi connectivity index (χ2n) is 4.53. The molecule has 2 nitrogen and oxygen atoms in total. The number of hydrogen-bond donors (Lipinski definition) is 1. The molecule has 1 N–H and O–H groups in total. The Morgan fingerprint density at radius 2 is 2.27 bits per heavy atom. The van der Waals surface area contributed by atoms with Crippen LogP contribution in [0.25, 0.3) is 0 Å². The molecular formula is C13H24O2. The van der Waals surface area contributed by atoms with Crippen LogP contribution in [-0.4, -0.2) is 23.9 Å². The van der Waals surface area contributed by atoms with Gasteiger partial charge in [0, 0.05) is 6.61 Å². The second-order valence-corrected chi connectivity index (χ2v) is 4.53. The number of hydrogen-bond acceptors (Lipinski definition) is 2. The Morgan fingerprint density at radius 3 is 2.87 bits per heavy atom. The predicted molar refractivity (Wildman–Crippen MR) is 62.8 cm³/mol. The van der Waals surface area contributed by atoms with Gasteiger partial charge in [-0.15, -0.1) is 6.58 Å². The molecule has 3 atom stereocenters. The molecule has 0 aliphatic heterocycles. The highest BCUT2D eigenvalue weighted by molar-refractivity contribution is 4.84. The first-order valence-electron chi connectivity index (χ1n) is 6.18. The average molecular weight is 212 g/mol. The van der Waals surface area contributed by atoms with Gasteiger partial charge in [-0.3, -0.25) is 0 Å². The summed E-state index contributed by atoms with van der Waals surface area (Å²) < 4.78 is 5.69. The third-order valence-electron chi connectivity index (χ3n) is 3.19. The fourth-order valence-corrected chi connectivity index (χ4v) is 2.23. The van der Waals surface area contributed by atoms with E-state index in [-0.39, 0.29) is 12.2 Å². The van der Waals surface area contributed by atoms with Crippen LogP contribution in [0.3, 0.4) is 0 Å². The van der Waals surface area contributed by atoms with E-state index in [1.165, 1.54) is 6.42 Å². The Hall–Kier alpha value is -0.340. The Bertz CT molecular complexity index is 179. The van der Waals surface area contributed by atoms with Crippen LogP contribution >= 0.6 is 0 Å². The quantitative estimate of drug-likeness (QED) is 0.542. The lowest BCUT2D eigenvalue weighted by atomic mass is 9.83. The summed E-state index contributed by atoms with van der Waals surface area (Å²) in [6.07, 6.45) is 8.10. The molecule has 2 heteroatoms. The molecule has 15 heavy (non-hydrogen) atoms. The second kappa shape index (κ2) is 7.02. The zero-order valence-corrected chi connectivity index (χ0v) is 9.82. The van der Waals surface area contributed by atoms with Crippen LogP contribution in [0.1, 0.15) is 45.4 Å². The summed E-state index contributed by atoms with van der Waals surface area (Å²) in [6, 6.07) is 0. The van der Waals surface area contributed by atoms with Crippen LogP contribution in [0.4, 0.5) is 0 Å². The lowest BCUT2D eigenvalue weighted by Gasteiger charge is -2.32. The van der Waals surface area contributed by atoms with E-state index in [0.717, 1.165) is 38.7 Å². The molecule has 1 aliphatic carbocycles.